The predicted octanol–water partition coefficient (Wildman–Crippen LogP) is 3.45. The van der Waals surface area contributed by atoms with Gasteiger partial charge in [0, 0.05) is 0 Å². The Morgan fingerprint density at radius 3 is 2.64 bits per heavy atom. The summed E-state index contributed by atoms with van der Waals surface area (Å²) in [6.07, 6.45) is 7.09. The Bertz CT molecular complexity index is 142. The van der Waals surface area contributed by atoms with Crippen LogP contribution in [-0.2, 0) is 0 Å². The molecule has 1 fully saturated rings. The molecule has 1 aliphatic carbocycles. The highest BCUT2D eigenvalue weighted by molar-refractivity contribution is 4.74. The monoisotopic (exact) mass is 197 g/mol. The molecule has 84 valence electrons. The van der Waals surface area contributed by atoms with Gasteiger partial charge in [0.05, 0.1) is 0 Å². The van der Waals surface area contributed by atoms with Crippen LogP contribution in [0.3, 0.4) is 0 Å². The van der Waals surface area contributed by atoms with Crippen LogP contribution in [-0.4, -0.2) is 13.1 Å². The normalized spacial score (nSPS) is 27.4. The summed E-state index contributed by atoms with van der Waals surface area (Å²) in [5, 5.41) is 3.60. The van der Waals surface area contributed by atoms with E-state index in [9.17, 15) is 0 Å². The molecule has 2 unspecified atom stereocenters. The van der Waals surface area contributed by atoms with E-state index in [1.807, 2.05) is 0 Å². The lowest BCUT2D eigenvalue weighted by Crippen LogP contribution is -2.22. The van der Waals surface area contributed by atoms with Crippen LogP contribution in [0.15, 0.2) is 0 Å². The molecule has 1 rings (SSSR count). The van der Waals surface area contributed by atoms with Crippen LogP contribution in [0, 0.1) is 17.8 Å². The lowest BCUT2D eigenvalue weighted by atomic mass is 10.1. The Morgan fingerprint density at radius 2 is 2.07 bits per heavy atom. The van der Waals surface area contributed by atoms with Crippen LogP contribution in [0.4, 0.5) is 0 Å². The second-order valence-corrected chi connectivity index (χ2v) is 5.52. The smallest absolute Gasteiger partial charge is 0.00204 e. The molecule has 0 aliphatic heterocycles. The second kappa shape index (κ2) is 6.44. The predicted molar refractivity (Wildman–Crippen MR) is 63.4 cm³/mol. The van der Waals surface area contributed by atoms with E-state index in [2.05, 4.69) is 26.1 Å². The van der Waals surface area contributed by atoms with Crippen LogP contribution in [0.5, 0.6) is 0 Å². The molecular formula is C13H27N. The molecule has 1 nitrogen and oxygen atoms in total. The van der Waals surface area contributed by atoms with Gasteiger partial charge >= 0.3 is 0 Å². The van der Waals surface area contributed by atoms with Crippen LogP contribution < -0.4 is 5.32 Å². The molecule has 0 amide bonds. The minimum Gasteiger partial charge on any atom is -0.316 e. The van der Waals surface area contributed by atoms with Gasteiger partial charge in [-0.25, -0.2) is 0 Å². The van der Waals surface area contributed by atoms with Gasteiger partial charge in [0.15, 0.2) is 0 Å². The Morgan fingerprint density at radius 1 is 1.29 bits per heavy atom. The average molecular weight is 197 g/mol. The summed E-state index contributed by atoms with van der Waals surface area (Å²) in [6, 6.07) is 0. The fourth-order valence-corrected chi connectivity index (χ4v) is 2.45. The molecule has 0 heterocycles. The van der Waals surface area contributed by atoms with Gasteiger partial charge in [0.2, 0.25) is 0 Å². The molecule has 0 bridgehead atoms. The first-order valence-corrected chi connectivity index (χ1v) is 6.39. The topological polar surface area (TPSA) is 12.0 Å². The molecular weight excluding hydrogens is 170 g/mol. The van der Waals surface area contributed by atoms with E-state index in [0.717, 1.165) is 17.8 Å². The Balaban J connectivity index is 1.89. The van der Waals surface area contributed by atoms with Crippen molar-refractivity contribution >= 4 is 0 Å². The third kappa shape index (κ3) is 4.99. The molecule has 0 radical (unpaired) electrons. The van der Waals surface area contributed by atoms with Crippen LogP contribution in [0.1, 0.15) is 52.9 Å². The van der Waals surface area contributed by atoms with Crippen molar-refractivity contribution in [2.24, 2.45) is 17.8 Å². The highest BCUT2D eigenvalue weighted by Gasteiger charge is 2.20. The third-order valence-electron chi connectivity index (χ3n) is 3.37. The van der Waals surface area contributed by atoms with Crippen molar-refractivity contribution in [3.05, 3.63) is 0 Å². The molecule has 1 heteroatoms. The number of rotatable bonds is 6. The van der Waals surface area contributed by atoms with Gasteiger partial charge in [0.1, 0.15) is 0 Å². The van der Waals surface area contributed by atoms with Gasteiger partial charge in [-0.3, -0.25) is 0 Å². The van der Waals surface area contributed by atoms with E-state index >= 15 is 0 Å². The van der Waals surface area contributed by atoms with Crippen molar-refractivity contribution in [1.29, 1.82) is 0 Å². The van der Waals surface area contributed by atoms with Crippen molar-refractivity contribution in [1.82, 2.24) is 5.32 Å². The van der Waals surface area contributed by atoms with Crippen molar-refractivity contribution < 1.29 is 0 Å². The summed E-state index contributed by atoms with van der Waals surface area (Å²) in [6.45, 7) is 9.49. The lowest BCUT2D eigenvalue weighted by molar-refractivity contribution is 0.454. The van der Waals surface area contributed by atoms with E-state index in [0.29, 0.717) is 0 Å². The molecule has 14 heavy (non-hydrogen) atoms. The maximum Gasteiger partial charge on any atom is -0.00204 e. The molecule has 1 saturated carbocycles. The van der Waals surface area contributed by atoms with E-state index in [-0.39, 0.29) is 0 Å². The number of hydrogen-bond donors (Lipinski definition) is 1. The summed E-state index contributed by atoms with van der Waals surface area (Å²) in [5.41, 5.74) is 0. The third-order valence-corrected chi connectivity index (χ3v) is 3.37. The molecule has 2 atom stereocenters. The van der Waals surface area contributed by atoms with Crippen molar-refractivity contribution in [2.45, 2.75) is 52.9 Å². The summed E-state index contributed by atoms with van der Waals surface area (Å²) in [7, 11) is 0. The van der Waals surface area contributed by atoms with Crippen LogP contribution in [0.2, 0.25) is 0 Å². The molecule has 0 spiro atoms. The molecule has 1 aliphatic rings. The van der Waals surface area contributed by atoms with Gasteiger partial charge in [0.25, 0.3) is 0 Å². The van der Waals surface area contributed by atoms with E-state index in [1.54, 1.807) is 0 Å². The van der Waals surface area contributed by atoms with Gasteiger partial charge in [-0.15, -0.1) is 0 Å². The minimum absolute atomic E-state index is 0.864. The zero-order chi connectivity index (χ0) is 10.4. The van der Waals surface area contributed by atoms with Crippen molar-refractivity contribution in [3.63, 3.8) is 0 Å². The quantitative estimate of drug-likeness (QED) is 0.643. The zero-order valence-electron chi connectivity index (χ0n) is 10.2. The van der Waals surface area contributed by atoms with E-state index in [1.165, 1.54) is 45.2 Å². The van der Waals surface area contributed by atoms with Crippen molar-refractivity contribution in [3.8, 4) is 0 Å². The SMILES string of the molecule is CC(C)CCCNCC1CCC(C)C1. The Labute approximate surface area is 89.7 Å². The van der Waals surface area contributed by atoms with Gasteiger partial charge in [-0.1, -0.05) is 27.2 Å². The number of nitrogens with one attached hydrogen (secondary N) is 1. The van der Waals surface area contributed by atoms with Gasteiger partial charge in [-0.2, -0.15) is 0 Å². The zero-order valence-corrected chi connectivity index (χ0v) is 10.2. The fraction of sp³-hybridized carbons (Fsp3) is 1.00. The largest absolute Gasteiger partial charge is 0.316 e. The maximum atomic E-state index is 3.60. The lowest BCUT2D eigenvalue weighted by Gasteiger charge is -2.11. The number of hydrogen-bond acceptors (Lipinski definition) is 1. The van der Waals surface area contributed by atoms with Gasteiger partial charge in [-0.05, 0) is 56.5 Å². The summed E-state index contributed by atoms with van der Waals surface area (Å²) < 4.78 is 0. The molecule has 0 aromatic carbocycles. The average Bonchev–Trinajstić information content (AvgIpc) is 2.50. The molecule has 0 aromatic rings. The molecule has 1 N–H and O–H groups in total. The van der Waals surface area contributed by atoms with Gasteiger partial charge < -0.3 is 5.32 Å². The minimum atomic E-state index is 0.864. The standard InChI is InChI=1S/C13H27N/c1-11(2)5-4-8-14-10-13-7-6-12(3)9-13/h11-14H,4-10H2,1-3H3. The summed E-state index contributed by atoms with van der Waals surface area (Å²) in [5.74, 6) is 2.82. The van der Waals surface area contributed by atoms with Crippen LogP contribution >= 0.6 is 0 Å². The first-order valence-electron chi connectivity index (χ1n) is 6.39. The summed E-state index contributed by atoms with van der Waals surface area (Å²) in [4.78, 5) is 0. The van der Waals surface area contributed by atoms with Crippen LogP contribution in [0.25, 0.3) is 0 Å². The first-order chi connectivity index (χ1) is 6.68. The van der Waals surface area contributed by atoms with E-state index < -0.39 is 0 Å². The second-order valence-electron chi connectivity index (χ2n) is 5.52. The summed E-state index contributed by atoms with van der Waals surface area (Å²) >= 11 is 0. The first kappa shape index (κ1) is 12.0. The Kier molecular flexibility index (Phi) is 5.54. The van der Waals surface area contributed by atoms with E-state index in [4.69, 9.17) is 0 Å². The Hall–Kier alpha value is -0.0400. The van der Waals surface area contributed by atoms with Crippen molar-refractivity contribution in [2.75, 3.05) is 13.1 Å². The highest BCUT2D eigenvalue weighted by atomic mass is 14.9. The maximum absolute atomic E-state index is 3.60. The molecule has 0 aromatic heterocycles. The highest BCUT2D eigenvalue weighted by Crippen LogP contribution is 2.29. The fourth-order valence-electron chi connectivity index (χ4n) is 2.45. The molecule has 0 saturated heterocycles.